The summed E-state index contributed by atoms with van der Waals surface area (Å²) >= 11 is 0. The Morgan fingerprint density at radius 1 is 1.53 bits per heavy atom. The lowest BCUT2D eigenvalue weighted by molar-refractivity contribution is -0.127. The van der Waals surface area contributed by atoms with Crippen LogP contribution in [0.15, 0.2) is 26.7 Å². The average Bonchev–Trinajstić information content (AvgIpc) is 2.97. The number of aliphatic hydroxyl groups is 1. The van der Waals surface area contributed by atoms with Crippen molar-refractivity contribution in [2.45, 2.75) is 12.0 Å². The van der Waals surface area contributed by atoms with Gasteiger partial charge in [0.1, 0.15) is 11.1 Å². The molecular formula is C9H11N3O6S. The molecule has 1 amide bonds. The number of rotatable bonds is 4. The minimum absolute atomic E-state index is 0.00345. The number of carbonyl (C=O) groups is 1. The van der Waals surface area contributed by atoms with Crippen molar-refractivity contribution in [1.29, 1.82) is 0 Å². The third-order valence-electron chi connectivity index (χ3n) is 2.81. The lowest BCUT2D eigenvalue weighted by Crippen LogP contribution is -2.38. The first-order valence-electron chi connectivity index (χ1n) is 5.11. The number of furan rings is 1. The number of hydrogen-bond donors (Lipinski definition) is 4. The van der Waals surface area contributed by atoms with Crippen LogP contribution in [0.4, 0.5) is 0 Å². The van der Waals surface area contributed by atoms with Gasteiger partial charge in [-0.05, 0) is 19.1 Å². The third kappa shape index (κ3) is 2.04. The van der Waals surface area contributed by atoms with Gasteiger partial charge in [0.15, 0.2) is 5.76 Å². The molecule has 1 atom stereocenters. The number of amides is 1. The van der Waals surface area contributed by atoms with E-state index >= 15 is 0 Å². The molecule has 1 aromatic rings. The van der Waals surface area contributed by atoms with Crippen molar-refractivity contribution in [3.8, 4) is 0 Å². The van der Waals surface area contributed by atoms with Gasteiger partial charge in [-0.3, -0.25) is 4.79 Å². The van der Waals surface area contributed by atoms with E-state index in [4.69, 9.17) is 9.62 Å². The monoisotopic (exact) mass is 289 g/mol. The van der Waals surface area contributed by atoms with E-state index in [1.54, 1.807) is 0 Å². The topological polar surface area (TPSA) is 141 Å². The van der Waals surface area contributed by atoms with E-state index in [-0.39, 0.29) is 11.5 Å². The van der Waals surface area contributed by atoms with E-state index in [0.717, 1.165) is 11.0 Å². The summed E-state index contributed by atoms with van der Waals surface area (Å²) in [4.78, 5) is 12.7. The standard InChI is InChI=1S/C9H11N3O6S/c1-9(4-13)7(10-11-8(9)14)5-2-3-6(18-5)19(16,17)12-15/h2-3,12-13,15H,4H2,1H3,(H,11,14). The second-order valence-corrected chi connectivity index (χ2v) is 5.70. The first-order chi connectivity index (χ1) is 8.85. The van der Waals surface area contributed by atoms with Crippen LogP contribution < -0.4 is 10.3 Å². The number of hydrogen-bond acceptors (Lipinski definition) is 7. The molecule has 0 aliphatic carbocycles. The SMILES string of the molecule is CC1(CO)C(=O)NN=C1c1ccc(S(=O)(=O)NO)o1. The molecule has 2 heterocycles. The highest BCUT2D eigenvalue weighted by molar-refractivity contribution is 7.89. The maximum Gasteiger partial charge on any atom is 0.295 e. The predicted octanol–water partition coefficient (Wildman–Crippen LogP) is -1.22. The summed E-state index contributed by atoms with van der Waals surface area (Å²) in [5, 5.41) is 20.9. The van der Waals surface area contributed by atoms with Crippen LogP contribution in [0.3, 0.4) is 0 Å². The predicted molar refractivity (Wildman–Crippen MR) is 60.7 cm³/mol. The second-order valence-electron chi connectivity index (χ2n) is 4.10. The van der Waals surface area contributed by atoms with E-state index in [2.05, 4.69) is 10.5 Å². The van der Waals surface area contributed by atoms with Crippen molar-refractivity contribution in [2.75, 3.05) is 6.61 Å². The summed E-state index contributed by atoms with van der Waals surface area (Å²) in [7, 11) is -4.15. The molecule has 0 fully saturated rings. The number of aliphatic hydroxyl groups excluding tert-OH is 1. The maximum atomic E-state index is 11.6. The van der Waals surface area contributed by atoms with Gasteiger partial charge in [-0.15, -0.1) is 0 Å². The van der Waals surface area contributed by atoms with E-state index in [9.17, 15) is 18.3 Å². The van der Waals surface area contributed by atoms with Gasteiger partial charge >= 0.3 is 0 Å². The highest BCUT2D eigenvalue weighted by atomic mass is 32.2. The average molecular weight is 289 g/mol. The van der Waals surface area contributed by atoms with Crippen molar-refractivity contribution in [3.63, 3.8) is 0 Å². The number of nitrogens with zero attached hydrogens (tertiary/aromatic N) is 1. The Bertz CT molecular complexity index is 649. The smallest absolute Gasteiger partial charge is 0.295 e. The Morgan fingerprint density at radius 2 is 2.21 bits per heavy atom. The highest BCUT2D eigenvalue weighted by Gasteiger charge is 2.45. The van der Waals surface area contributed by atoms with Crippen molar-refractivity contribution in [2.24, 2.45) is 10.5 Å². The van der Waals surface area contributed by atoms with Crippen molar-refractivity contribution >= 4 is 21.6 Å². The van der Waals surface area contributed by atoms with Crippen LogP contribution >= 0.6 is 0 Å². The molecular weight excluding hydrogens is 278 g/mol. The molecule has 1 aromatic heterocycles. The number of carbonyl (C=O) groups excluding carboxylic acids is 1. The Labute approximate surface area is 107 Å². The molecule has 104 valence electrons. The lowest BCUT2D eigenvalue weighted by atomic mass is 9.85. The van der Waals surface area contributed by atoms with Gasteiger partial charge in [0.05, 0.1) is 6.61 Å². The normalized spacial score (nSPS) is 23.3. The summed E-state index contributed by atoms with van der Waals surface area (Å²) in [6.07, 6.45) is 0. The number of hydrazone groups is 1. The zero-order valence-electron chi connectivity index (χ0n) is 9.74. The van der Waals surface area contributed by atoms with Crippen molar-refractivity contribution in [3.05, 3.63) is 17.9 Å². The molecule has 1 aliphatic rings. The Morgan fingerprint density at radius 3 is 2.79 bits per heavy atom. The van der Waals surface area contributed by atoms with Crippen molar-refractivity contribution < 1.29 is 27.9 Å². The Hall–Kier alpha value is -1.75. The van der Waals surface area contributed by atoms with Gasteiger partial charge in [0.25, 0.3) is 15.9 Å². The van der Waals surface area contributed by atoms with Crippen molar-refractivity contribution in [1.82, 2.24) is 10.3 Å². The van der Waals surface area contributed by atoms with Crippen LogP contribution in [-0.4, -0.2) is 37.0 Å². The molecule has 2 rings (SSSR count). The molecule has 19 heavy (non-hydrogen) atoms. The zero-order valence-corrected chi connectivity index (χ0v) is 10.6. The molecule has 0 aromatic carbocycles. The molecule has 0 bridgehead atoms. The number of nitrogens with one attached hydrogen (secondary N) is 2. The van der Waals surface area contributed by atoms with Crippen LogP contribution in [0.5, 0.6) is 0 Å². The molecule has 0 saturated carbocycles. The Balaban J connectivity index is 2.43. The fraction of sp³-hybridized carbons (Fsp3) is 0.333. The van der Waals surface area contributed by atoms with Crippen LogP contribution in [-0.2, 0) is 14.8 Å². The molecule has 0 spiro atoms. The number of sulfonamides is 1. The third-order valence-corrected chi connectivity index (χ3v) is 3.80. The first-order valence-corrected chi connectivity index (χ1v) is 6.59. The molecule has 4 N–H and O–H groups in total. The second kappa shape index (κ2) is 4.42. The summed E-state index contributed by atoms with van der Waals surface area (Å²) < 4.78 is 27.6. The zero-order chi connectivity index (χ0) is 14.3. The quantitative estimate of drug-likeness (QED) is 0.512. The van der Waals surface area contributed by atoms with E-state index in [1.807, 2.05) is 0 Å². The van der Waals surface area contributed by atoms with Gasteiger partial charge in [-0.25, -0.2) is 13.8 Å². The minimum atomic E-state index is -4.15. The maximum absolute atomic E-state index is 11.6. The van der Waals surface area contributed by atoms with Gasteiger partial charge in [0.2, 0.25) is 5.09 Å². The van der Waals surface area contributed by atoms with Crippen LogP contribution in [0.1, 0.15) is 12.7 Å². The summed E-state index contributed by atoms with van der Waals surface area (Å²) in [6, 6.07) is 2.37. The molecule has 9 nitrogen and oxygen atoms in total. The van der Waals surface area contributed by atoms with Crippen LogP contribution in [0.2, 0.25) is 0 Å². The van der Waals surface area contributed by atoms with Gasteiger partial charge in [-0.2, -0.15) is 5.10 Å². The molecule has 0 radical (unpaired) electrons. The van der Waals surface area contributed by atoms with Crippen LogP contribution in [0.25, 0.3) is 0 Å². The largest absolute Gasteiger partial charge is 0.442 e. The fourth-order valence-electron chi connectivity index (χ4n) is 1.57. The summed E-state index contributed by atoms with van der Waals surface area (Å²) in [5.41, 5.74) is 0.955. The van der Waals surface area contributed by atoms with E-state index in [0.29, 0.717) is 0 Å². The van der Waals surface area contributed by atoms with Crippen LogP contribution in [0, 0.1) is 5.41 Å². The summed E-state index contributed by atoms with van der Waals surface area (Å²) in [6.45, 7) is 0.924. The minimum Gasteiger partial charge on any atom is -0.442 e. The van der Waals surface area contributed by atoms with E-state index < -0.39 is 33.0 Å². The molecule has 10 heteroatoms. The fourth-order valence-corrected chi connectivity index (χ4v) is 2.11. The highest BCUT2D eigenvalue weighted by Crippen LogP contribution is 2.28. The molecule has 1 aliphatic heterocycles. The van der Waals surface area contributed by atoms with Gasteiger partial charge in [-0.1, -0.05) is 4.89 Å². The molecule has 0 saturated heterocycles. The lowest BCUT2D eigenvalue weighted by Gasteiger charge is -2.17. The summed E-state index contributed by atoms with van der Waals surface area (Å²) in [5.74, 6) is -0.519. The Kier molecular flexibility index (Phi) is 3.18. The van der Waals surface area contributed by atoms with Gasteiger partial charge in [0, 0.05) is 0 Å². The first kappa shape index (κ1) is 13.7. The van der Waals surface area contributed by atoms with E-state index in [1.165, 1.54) is 13.0 Å². The van der Waals surface area contributed by atoms with Gasteiger partial charge < -0.3 is 14.7 Å². The molecule has 1 unspecified atom stereocenters.